The molecule has 1 rings (SSSR count). The summed E-state index contributed by atoms with van der Waals surface area (Å²) in [6.07, 6.45) is 2.33. The molecule has 0 saturated carbocycles. The van der Waals surface area contributed by atoms with Gasteiger partial charge in [0.2, 0.25) is 0 Å². The Morgan fingerprint density at radius 3 is 3.08 bits per heavy atom. The van der Waals surface area contributed by atoms with Gasteiger partial charge in [-0.2, -0.15) is 11.8 Å². The van der Waals surface area contributed by atoms with Gasteiger partial charge in [-0.15, -0.1) is 0 Å². The van der Waals surface area contributed by atoms with Crippen molar-refractivity contribution in [2.45, 2.75) is 12.1 Å². The Labute approximate surface area is 80.8 Å². The van der Waals surface area contributed by atoms with E-state index in [0.717, 1.165) is 0 Å². The Bertz CT molecular complexity index is 169. The highest BCUT2D eigenvalue weighted by Crippen LogP contribution is 2.24. The Hall–Kier alpha value is 0.130. The molecule has 1 atom stereocenters. The number of hydrogen-bond acceptors (Lipinski definition) is 3. The first kappa shape index (κ1) is 10.2. The second-order valence-electron chi connectivity index (χ2n) is 2.78. The van der Waals surface area contributed by atoms with Crippen LogP contribution >= 0.6 is 24.0 Å². The lowest BCUT2D eigenvalue weighted by Gasteiger charge is -2.17. The van der Waals surface area contributed by atoms with E-state index >= 15 is 0 Å². The molecule has 1 fully saturated rings. The molecule has 0 aliphatic carbocycles. The Kier molecular flexibility index (Phi) is 3.74. The van der Waals surface area contributed by atoms with Crippen molar-refractivity contribution in [3.63, 3.8) is 0 Å². The third kappa shape index (κ3) is 2.88. The highest BCUT2D eigenvalue weighted by atomic mass is 32.2. The van der Waals surface area contributed by atoms with Crippen LogP contribution in [-0.4, -0.2) is 36.1 Å². The van der Waals surface area contributed by atoms with Crippen molar-refractivity contribution in [3.8, 4) is 0 Å². The molecule has 0 spiro atoms. The van der Waals surface area contributed by atoms with E-state index in [1.807, 2.05) is 6.26 Å². The SMILES string of the molecule is C[SH2]C(=S)OCC1(F)CCOC1. The average molecular weight is 212 g/mol. The van der Waals surface area contributed by atoms with Gasteiger partial charge in [0.25, 0.3) is 0 Å². The summed E-state index contributed by atoms with van der Waals surface area (Å²) in [7, 11) is 0. The van der Waals surface area contributed by atoms with Crippen LogP contribution < -0.4 is 0 Å². The van der Waals surface area contributed by atoms with Crippen molar-refractivity contribution in [1.82, 2.24) is 0 Å². The Morgan fingerprint density at radius 2 is 2.58 bits per heavy atom. The highest BCUT2D eigenvalue weighted by molar-refractivity contribution is 8.22. The first-order chi connectivity index (χ1) is 5.66. The molecule has 1 saturated heterocycles. The minimum Gasteiger partial charge on any atom is -0.476 e. The summed E-state index contributed by atoms with van der Waals surface area (Å²) in [6.45, 7) is 0.677. The standard InChI is InChI=1S/C7H13FO2S2/c1-12-6(11)10-5-7(8)2-3-9-4-7/h2-5,12H2,1H3. The Balaban J connectivity index is 2.25. The van der Waals surface area contributed by atoms with Crippen LogP contribution in [0.25, 0.3) is 0 Å². The first-order valence-electron chi connectivity index (χ1n) is 3.77. The number of rotatable bonds is 2. The molecule has 0 aromatic heterocycles. The lowest BCUT2D eigenvalue weighted by atomic mass is 10.1. The topological polar surface area (TPSA) is 18.5 Å². The number of halogens is 1. The van der Waals surface area contributed by atoms with Crippen molar-refractivity contribution in [2.24, 2.45) is 0 Å². The van der Waals surface area contributed by atoms with Crippen LogP contribution in [0.1, 0.15) is 6.42 Å². The zero-order chi connectivity index (χ0) is 9.03. The molecule has 1 heterocycles. The predicted molar refractivity (Wildman–Crippen MR) is 54.1 cm³/mol. The fourth-order valence-corrected chi connectivity index (χ4v) is 1.24. The van der Waals surface area contributed by atoms with Crippen LogP contribution in [0, 0.1) is 0 Å². The van der Waals surface area contributed by atoms with E-state index in [1.54, 1.807) is 0 Å². The summed E-state index contributed by atoms with van der Waals surface area (Å²) in [6, 6.07) is 0. The van der Waals surface area contributed by atoms with E-state index in [0.29, 0.717) is 29.2 Å². The second-order valence-corrected chi connectivity index (χ2v) is 4.47. The molecule has 0 N–H and O–H groups in total. The summed E-state index contributed by atoms with van der Waals surface area (Å²) in [5, 5.41) is 0. The Morgan fingerprint density at radius 1 is 1.83 bits per heavy atom. The lowest BCUT2D eigenvalue weighted by molar-refractivity contribution is 0.0628. The van der Waals surface area contributed by atoms with Crippen molar-refractivity contribution >= 4 is 28.4 Å². The summed E-state index contributed by atoms with van der Waals surface area (Å²) >= 11 is 5.26. The second kappa shape index (κ2) is 4.39. The van der Waals surface area contributed by atoms with Crippen LogP contribution in [0.4, 0.5) is 4.39 Å². The van der Waals surface area contributed by atoms with E-state index in [4.69, 9.17) is 21.7 Å². The molecule has 1 aliphatic rings. The first-order valence-corrected chi connectivity index (χ1v) is 5.68. The molecule has 0 bridgehead atoms. The van der Waals surface area contributed by atoms with Crippen LogP contribution in [-0.2, 0) is 9.47 Å². The third-order valence-corrected chi connectivity index (χ3v) is 3.00. The van der Waals surface area contributed by atoms with Gasteiger partial charge in [-0.3, -0.25) is 0 Å². The molecule has 0 aromatic rings. The monoisotopic (exact) mass is 212 g/mol. The van der Waals surface area contributed by atoms with E-state index in [2.05, 4.69) is 0 Å². The maximum atomic E-state index is 13.5. The van der Waals surface area contributed by atoms with Gasteiger partial charge in [0, 0.05) is 13.0 Å². The van der Waals surface area contributed by atoms with Gasteiger partial charge in [0.05, 0.1) is 6.61 Å². The van der Waals surface area contributed by atoms with Crippen LogP contribution in [0.15, 0.2) is 0 Å². The normalized spacial score (nSPS) is 30.5. The minimum absolute atomic E-state index is 0.0483. The molecule has 1 aliphatic heterocycles. The van der Waals surface area contributed by atoms with E-state index in [9.17, 15) is 4.39 Å². The van der Waals surface area contributed by atoms with Crippen molar-refractivity contribution in [3.05, 3.63) is 0 Å². The molecular weight excluding hydrogens is 199 g/mol. The van der Waals surface area contributed by atoms with Crippen molar-refractivity contribution in [1.29, 1.82) is 0 Å². The lowest BCUT2D eigenvalue weighted by Crippen LogP contribution is -2.30. The maximum absolute atomic E-state index is 13.5. The quantitative estimate of drug-likeness (QED) is 0.642. The van der Waals surface area contributed by atoms with E-state index in [-0.39, 0.29) is 13.2 Å². The zero-order valence-corrected chi connectivity index (χ0v) is 8.75. The number of thiocarbonyl (C=S) groups is 1. The van der Waals surface area contributed by atoms with Gasteiger partial charge in [0.15, 0.2) is 10.1 Å². The fourth-order valence-electron chi connectivity index (χ4n) is 0.963. The molecule has 5 heteroatoms. The number of alkyl halides is 1. The van der Waals surface area contributed by atoms with E-state index < -0.39 is 5.67 Å². The minimum atomic E-state index is -1.30. The van der Waals surface area contributed by atoms with Crippen molar-refractivity contribution in [2.75, 3.05) is 26.1 Å². The highest BCUT2D eigenvalue weighted by Gasteiger charge is 2.35. The largest absolute Gasteiger partial charge is 0.476 e. The summed E-state index contributed by atoms with van der Waals surface area (Å²) in [5.41, 5.74) is -1.30. The van der Waals surface area contributed by atoms with Gasteiger partial charge in [-0.05, 0) is 18.5 Å². The molecule has 72 valence electrons. The van der Waals surface area contributed by atoms with Gasteiger partial charge in [-0.25, -0.2) is 4.39 Å². The van der Waals surface area contributed by atoms with Gasteiger partial charge in [-0.1, -0.05) is 0 Å². The van der Waals surface area contributed by atoms with E-state index in [1.165, 1.54) is 0 Å². The molecule has 1 unspecified atom stereocenters. The van der Waals surface area contributed by atoms with Crippen LogP contribution in [0.2, 0.25) is 0 Å². The third-order valence-electron chi connectivity index (χ3n) is 1.72. The molecule has 2 nitrogen and oxygen atoms in total. The predicted octanol–water partition coefficient (Wildman–Crippen LogP) is 1.24. The fraction of sp³-hybridized carbons (Fsp3) is 0.857. The van der Waals surface area contributed by atoms with Gasteiger partial charge in [0.1, 0.15) is 6.61 Å². The molecule has 0 radical (unpaired) electrons. The van der Waals surface area contributed by atoms with Gasteiger partial charge < -0.3 is 9.47 Å². The smallest absolute Gasteiger partial charge is 0.196 e. The maximum Gasteiger partial charge on any atom is 0.196 e. The number of hydrogen-bond donors (Lipinski definition) is 0. The summed E-state index contributed by atoms with van der Waals surface area (Å²) in [4.78, 5) is 0. The number of ether oxygens (including phenoxy) is 2. The average Bonchev–Trinajstić information content (AvgIpc) is 2.49. The molecular formula is C7H13FO2S2. The van der Waals surface area contributed by atoms with Crippen molar-refractivity contribution < 1.29 is 13.9 Å². The summed E-state index contributed by atoms with van der Waals surface area (Å²) in [5.74, 6) is 0. The zero-order valence-electron chi connectivity index (χ0n) is 6.93. The summed E-state index contributed by atoms with van der Waals surface area (Å²) < 4.78 is 24.0. The molecule has 0 aromatic carbocycles. The van der Waals surface area contributed by atoms with Gasteiger partial charge >= 0.3 is 0 Å². The molecule has 0 amide bonds. The van der Waals surface area contributed by atoms with Crippen LogP contribution in [0.3, 0.4) is 0 Å². The molecule has 12 heavy (non-hydrogen) atoms. The van der Waals surface area contributed by atoms with Crippen LogP contribution in [0.5, 0.6) is 0 Å².